The van der Waals surface area contributed by atoms with Crippen LogP contribution in [0.3, 0.4) is 0 Å². The molecule has 0 bridgehead atoms. The molecule has 126 valence electrons. The van der Waals surface area contributed by atoms with E-state index in [1.807, 2.05) is 6.92 Å². The highest BCUT2D eigenvalue weighted by atomic mass is 32.2. The SMILES string of the molecule is COc1cc(C)c(S(=O)(=O)Nc2ccc3oc(C)nc3c2)cc1C. The highest BCUT2D eigenvalue weighted by Gasteiger charge is 2.19. The van der Waals surface area contributed by atoms with Crippen LogP contribution in [-0.2, 0) is 10.0 Å². The predicted octanol–water partition coefficient (Wildman–Crippen LogP) is 3.56. The van der Waals surface area contributed by atoms with Crippen LogP contribution in [0, 0.1) is 20.8 Å². The van der Waals surface area contributed by atoms with E-state index in [4.69, 9.17) is 9.15 Å². The Labute approximate surface area is 140 Å². The van der Waals surface area contributed by atoms with Gasteiger partial charge in [-0.2, -0.15) is 0 Å². The third-order valence-electron chi connectivity index (χ3n) is 3.73. The summed E-state index contributed by atoms with van der Waals surface area (Å²) in [5, 5.41) is 0. The number of sulfonamides is 1. The van der Waals surface area contributed by atoms with Gasteiger partial charge in [0.15, 0.2) is 11.5 Å². The Bertz CT molecular complexity index is 1020. The highest BCUT2D eigenvalue weighted by molar-refractivity contribution is 7.92. The van der Waals surface area contributed by atoms with Crippen molar-refractivity contribution in [2.24, 2.45) is 0 Å². The fourth-order valence-electron chi connectivity index (χ4n) is 2.59. The van der Waals surface area contributed by atoms with Crippen molar-refractivity contribution in [3.8, 4) is 5.75 Å². The van der Waals surface area contributed by atoms with Crippen LogP contribution in [0.2, 0.25) is 0 Å². The largest absolute Gasteiger partial charge is 0.496 e. The van der Waals surface area contributed by atoms with Crippen LogP contribution in [0.25, 0.3) is 11.1 Å². The molecule has 2 aromatic carbocycles. The summed E-state index contributed by atoms with van der Waals surface area (Å²) in [5.74, 6) is 1.19. The lowest BCUT2D eigenvalue weighted by molar-refractivity contribution is 0.411. The second kappa shape index (κ2) is 5.83. The third-order valence-corrected chi connectivity index (χ3v) is 5.25. The zero-order chi connectivity index (χ0) is 17.5. The van der Waals surface area contributed by atoms with Gasteiger partial charge in [0.2, 0.25) is 0 Å². The van der Waals surface area contributed by atoms with Gasteiger partial charge in [-0.3, -0.25) is 4.72 Å². The van der Waals surface area contributed by atoms with Crippen molar-refractivity contribution in [1.82, 2.24) is 4.98 Å². The van der Waals surface area contributed by atoms with E-state index in [9.17, 15) is 8.42 Å². The standard InChI is InChI=1S/C17H18N2O4S/c1-10-8-17(11(2)7-16(10)22-4)24(20,21)19-13-5-6-15-14(9-13)18-12(3)23-15/h5-9,19H,1-4H3. The van der Waals surface area contributed by atoms with Crippen LogP contribution >= 0.6 is 0 Å². The molecule has 0 amide bonds. The van der Waals surface area contributed by atoms with Gasteiger partial charge in [-0.15, -0.1) is 0 Å². The summed E-state index contributed by atoms with van der Waals surface area (Å²) in [7, 11) is -2.16. The van der Waals surface area contributed by atoms with E-state index in [2.05, 4.69) is 9.71 Å². The van der Waals surface area contributed by atoms with E-state index < -0.39 is 10.0 Å². The minimum atomic E-state index is -3.72. The molecule has 0 fully saturated rings. The number of benzene rings is 2. The monoisotopic (exact) mass is 346 g/mol. The number of methoxy groups -OCH3 is 1. The summed E-state index contributed by atoms with van der Waals surface area (Å²) >= 11 is 0. The number of fused-ring (bicyclic) bond motifs is 1. The summed E-state index contributed by atoms with van der Waals surface area (Å²) in [6.07, 6.45) is 0. The molecule has 3 rings (SSSR count). The van der Waals surface area contributed by atoms with Crippen molar-refractivity contribution in [2.75, 3.05) is 11.8 Å². The Hall–Kier alpha value is -2.54. The molecule has 0 spiro atoms. The summed E-state index contributed by atoms with van der Waals surface area (Å²) in [6.45, 7) is 5.29. The Kier molecular flexibility index (Phi) is 3.96. The summed E-state index contributed by atoms with van der Waals surface area (Å²) < 4.78 is 38.7. The molecule has 24 heavy (non-hydrogen) atoms. The molecule has 0 aliphatic carbocycles. The maximum Gasteiger partial charge on any atom is 0.262 e. The Morgan fingerprint density at radius 1 is 1.08 bits per heavy atom. The predicted molar refractivity (Wildman–Crippen MR) is 92.0 cm³/mol. The van der Waals surface area contributed by atoms with Crippen LogP contribution in [0.4, 0.5) is 5.69 Å². The molecule has 0 atom stereocenters. The normalized spacial score (nSPS) is 11.7. The lowest BCUT2D eigenvalue weighted by atomic mass is 10.1. The Morgan fingerprint density at radius 2 is 1.83 bits per heavy atom. The van der Waals surface area contributed by atoms with Gasteiger partial charge in [0.25, 0.3) is 10.0 Å². The molecule has 6 nitrogen and oxygen atoms in total. The molecular formula is C17H18N2O4S. The number of rotatable bonds is 4. The number of oxazole rings is 1. The number of nitrogens with zero attached hydrogens (tertiary/aromatic N) is 1. The lowest BCUT2D eigenvalue weighted by Crippen LogP contribution is -2.14. The van der Waals surface area contributed by atoms with Crippen LogP contribution < -0.4 is 9.46 Å². The average Bonchev–Trinajstić information content (AvgIpc) is 2.88. The molecule has 0 aliphatic rings. The summed E-state index contributed by atoms with van der Waals surface area (Å²) in [5.41, 5.74) is 3.03. The minimum Gasteiger partial charge on any atom is -0.496 e. The fraction of sp³-hybridized carbons (Fsp3) is 0.235. The molecule has 1 N–H and O–H groups in total. The average molecular weight is 346 g/mol. The number of anilines is 1. The smallest absolute Gasteiger partial charge is 0.262 e. The zero-order valence-corrected chi connectivity index (χ0v) is 14.7. The maximum atomic E-state index is 12.7. The minimum absolute atomic E-state index is 0.220. The van der Waals surface area contributed by atoms with E-state index in [0.29, 0.717) is 34.0 Å². The summed E-state index contributed by atoms with van der Waals surface area (Å²) in [6, 6.07) is 8.31. The van der Waals surface area contributed by atoms with E-state index in [-0.39, 0.29) is 4.90 Å². The van der Waals surface area contributed by atoms with Gasteiger partial charge in [0, 0.05) is 6.92 Å². The zero-order valence-electron chi connectivity index (χ0n) is 13.9. The van der Waals surface area contributed by atoms with Crippen LogP contribution in [-0.4, -0.2) is 20.5 Å². The number of ether oxygens (including phenoxy) is 1. The van der Waals surface area contributed by atoms with E-state index >= 15 is 0 Å². The van der Waals surface area contributed by atoms with E-state index in [1.165, 1.54) is 0 Å². The lowest BCUT2D eigenvalue weighted by Gasteiger charge is -2.13. The molecule has 0 saturated heterocycles. The van der Waals surface area contributed by atoms with Crippen molar-refractivity contribution in [3.05, 3.63) is 47.3 Å². The van der Waals surface area contributed by atoms with Crippen molar-refractivity contribution in [1.29, 1.82) is 0 Å². The first kappa shape index (κ1) is 16.3. The number of aromatic nitrogens is 1. The quantitative estimate of drug-likeness (QED) is 0.781. The van der Waals surface area contributed by atoms with Crippen molar-refractivity contribution < 1.29 is 17.6 Å². The maximum absolute atomic E-state index is 12.7. The first-order valence-corrected chi connectivity index (χ1v) is 8.84. The van der Waals surface area contributed by atoms with Crippen molar-refractivity contribution in [2.45, 2.75) is 25.7 Å². The first-order valence-electron chi connectivity index (χ1n) is 7.35. The number of nitrogens with one attached hydrogen (secondary N) is 1. The molecule has 3 aromatic rings. The van der Waals surface area contributed by atoms with Crippen LogP contribution in [0.15, 0.2) is 39.6 Å². The number of hydrogen-bond donors (Lipinski definition) is 1. The first-order chi connectivity index (χ1) is 11.3. The Balaban J connectivity index is 1.99. The second-order valence-corrected chi connectivity index (χ2v) is 7.26. The molecule has 1 aromatic heterocycles. The van der Waals surface area contributed by atoms with Gasteiger partial charge in [0.05, 0.1) is 17.7 Å². The van der Waals surface area contributed by atoms with Gasteiger partial charge in [-0.05, 0) is 55.3 Å². The molecule has 0 aliphatic heterocycles. The number of hydrogen-bond acceptors (Lipinski definition) is 5. The van der Waals surface area contributed by atoms with Crippen molar-refractivity contribution >= 4 is 26.8 Å². The fourth-order valence-corrected chi connectivity index (χ4v) is 3.95. The van der Waals surface area contributed by atoms with E-state index in [1.54, 1.807) is 51.3 Å². The van der Waals surface area contributed by atoms with E-state index in [0.717, 1.165) is 5.56 Å². The van der Waals surface area contributed by atoms with Gasteiger partial charge < -0.3 is 9.15 Å². The van der Waals surface area contributed by atoms with Crippen LogP contribution in [0.1, 0.15) is 17.0 Å². The Morgan fingerprint density at radius 3 is 2.54 bits per heavy atom. The number of aryl methyl sites for hydroxylation is 3. The highest BCUT2D eigenvalue weighted by Crippen LogP contribution is 2.28. The van der Waals surface area contributed by atoms with Gasteiger partial charge >= 0.3 is 0 Å². The summed E-state index contributed by atoms with van der Waals surface area (Å²) in [4.78, 5) is 4.43. The van der Waals surface area contributed by atoms with Crippen molar-refractivity contribution in [3.63, 3.8) is 0 Å². The molecular weight excluding hydrogens is 328 g/mol. The second-order valence-electron chi connectivity index (χ2n) is 5.61. The van der Waals surface area contributed by atoms with Gasteiger partial charge in [0.1, 0.15) is 11.3 Å². The van der Waals surface area contributed by atoms with Gasteiger partial charge in [-0.25, -0.2) is 13.4 Å². The third kappa shape index (κ3) is 2.94. The molecule has 7 heteroatoms. The topological polar surface area (TPSA) is 81.4 Å². The molecule has 1 heterocycles. The van der Waals surface area contributed by atoms with Crippen LogP contribution in [0.5, 0.6) is 5.75 Å². The molecule has 0 saturated carbocycles. The molecule has 0 radical (unpaired) electrons. The van der Waals surface area contributed by atoms with Gasteiger partial charge in [-0.1, -0.05) is 0 Å². The molecule has 0 unspecified atom stereocenters.